The summed E-state index contributed by atoms with van der Waals surface area (Å²) in [4.78, 5) is 0. The van der Waals surface area contributed by atoms with Gasteiger partial charge in [0.1, 0.15) is 0 Å². The molecule has 0 unspecified atom stereocenters. The fourth-order valence-electron chi connectivity index (χ4n) is 10.3. The first-order valence-electron chi connectivity index (χ1n) is 35.2. The van der Waals surface area contributed by atoms with E-state index in [1.165, 1.54) is 186 Å². The van der Waals surface area contributed by atoms with E-state index in [4.69, 9.17) is 0 Å². The molecule has 4 saturated carbocycles. The van der Waals surface area contributed by atoms with Crippen LogP contribution in [0, 0.1) is 86.4 Å². The standard InChI is InChI=1S/C13H20.C10H14.C10H20.2C8H16.C7H8.C7H14.C6H14.C5H6F6.C5H12.C2H6/c1-9(2)12-7-6-8-13(10(3)4)11(12)5;1-7-5-8(2)10(4)9(3)6-7;1-4-9-5-7-10(2,3)8-6-9;1-3-8(2)6-4-5-7-8;1-2-8-6-4-3-5-7-8;1-7-5-3-2-4-6-7;1-2-7-5-3-4-6-7;1-5-6(2,3)4;1-3(2,4(6,7)8)5(9,10)11;1-5(2,3)4;1-2/h6-10H,1-5H3;5-6H,1-4H3;9H,4-8H2,1-3H3;3-7H2,1-2H3;8H,2-7H2,1H3;2-6H,1H3;7H,2-6H2,1H3;5H2,1-4H3;1-2H3;1-4H3;1-2H3. The van der Waals surface area contributed by atoms with Gasteiger partial charge in [-0.25, -0.2) is 0 Å². The van der Waals surface area contributed by atoms with Gasteiger partial charge in [-0.3, -0.25) is 0 Å². The Kier molecular flexibility index (Phi) is 48.3. The molecule has 0 nitrogen and oxygen atoms in total. The normalized spacial score (nSPS) is 16.6. The average Bonchev–Trinajstić information content (AvgIpc) is 3.73. The Morgan fingerprint density at radius 2 is 0.759 bits per heavy atom. The van der Waals surface area contributed by atoms with E-state index in [1.807, 2.05) is 32.0 Å². The minimum absolute atomic E-state index is 0.104. The van der Waals surface area contributed by atoms with Crippen LogP contribution < -0.4 is 0 Å². The maximum atomic E-state index is 11.6. The molecule has 0 amide bonds. The summed E-state index contributed by atoms with van der Waals surface area (Å²) in [5.41, 5.74) is 10.2. The molecule has 4 aliphatic rings. The van der Waals surface area contributed by atoms with Crippen molar-refractivity contribution in [3.05, 3.63) is 105 Å². The Morgan fingerprint density at radius 3 is 0.989 bits per heavy atom. The van der Waals surface area contributed by atoms with Crippen LogP contribution in [0.3, 0.4) is 0 Å². The van der Waals surface area contributed by atoms with Crippen molar-refractivity contribution in [1.82, 2.24) is 0 Å². The first kappa shape index (κ1) is 90.7. The molecule has 0 radical (unpaired) electrons. The fourth-order valence-corrected chi connectivity index (χ4v) is 10.3. The molecule has 0 aliphatic heterocycles. The average molecular weight is 1230 g/mol. The van der Waals surface area contributed by atoms with E-state index < -0.39 is 17.8 Å². The lowest BCUT2D eigenvalue weighted by atomic mass is 9.72. The lowest BCUT2D eigenvalue weighted by Gasteiger charge is -2.33. The van der Waals surface area contributed by atoms with E-state index in [1.54, 1.807) is 0 Å². The van der Waals surface area contributed by atoms with Crippen LogP contribution in [0.1, 0.15) is 357 Å². The van der Waals surface area contributed by atoms with Crippen LogP contribution in [0.2, 0.25) is 0 Å². The fraction of sp³-hybridized carbons (Fsp3) is 0.778. The number of alkyl halides is 6. The molecule has 6 heteroatoms. The van der Waals surface area contributed by atoms with E-state index in [0.717, 1.165) is 23.2 Å². The van der Waals surface area contributed by atoms with Crippen molar-refractivity contribution >= 4 is 0 Å². The number of halogens is 6. The van der Waals surface area contributed by atoms with E-state index in [9.17, 15) is 26.3 Å². The maximum Gasteiger partial charge on any atom is 0.402 e. The molecule has 0 N–H and O–H groups in total. The molecule has 4 aliphatic carbocycles. The lowest BCUT2D eigenvalue weighted by molar-refractivity contribution is -0.327. The third-order valence-electron chi connectivity index (χ3n) is 18.2. The third-order valence-corrected chi connectivity index (χ3v) is 18.2. The number of aryl methyl sites for hydroxylation is 4. The topological polar surface area (TPSA) is 0 Å². The molecule has 87 heavy (non-hydrogen) atoms. The first-order chi connectivity index (χ1) is 39.9. The zero-order valence-electron chi connectivity index (χ0n) is 63.0. The zero-order chi connectivity index (χ0) is 68.6. The molecule has 0 saturated heterocycles. The van der Waals surface area contributed by atoms with Crippen LogP contribution in [-0.4, -0.2) is 12.4 Å². The second-order valence-electron chi connectivity index (χ2n) is 30.9. The van der Waals surface area contributed by atoms with Crippen molar-refractivity contribution in [3.8, 4) is 0 Å². The van der Waals surface area contributed by atoms with Gasteiger partial charge in [0, 0.05) is 0 Å². The van der Waals surface area contributed by atoms with Crippen molar-refractivity contribution in [1.29, 1.82) is 0 Å². The lowest BCUT2D eigenvalue weighted by Crippen LogP contribution is -2.44. The van der Waals surface area contributed by atoms with E-state index in [0.29, 0.717) is 28.1 Å². The van der Waals surface area contributed by atoms with Crippen LogP contribution in [0.25, 0.3) is 0 Å². The maximum absolute atomic E-state index is 11.6. The second-order valence-corrected chi connectivity index (χ2v) is 30.9. The van der Waals surface area contributed by atoms with Crippen molar-refractivity contribution in [2.45, 2.75) is 366 Å². The molecular weight excluding hydrogens is 1090 g/mol. The van der Waals surface area contributed by atoms with Gasteiger partial charge in [0.2, 0.25) is 0 Å². The van der Waals surface area contributed by atoms with Gasteiger partial charge in [0.05, 0.1) is 0 Å². The first-order valence-corrected chi connectivity index (χ1v) is 35.2. The summed E-state index contributed by atoms with van der Waals surface area (Å²) < 4.78 is 69.7. The van der Waals surface area contributed by atoms with Gasteiger partial charge in [-0.15, -0.1) is 0 Å². The molecule has 4 fully saturated rings. The highest BCUT2D eigenvalue weighted by Crippen LogP contribution is 2.49. The number of hydrogen-bond acceptors (Lipinski definition) is 0. The number of hydrogen-bond donors (Lipinski definition) is 0. The highest BCUT2D eigenvalue weighted by Gasteiger charge is 2.64. The highest BCUT2D eigenvalue weighted by molar-refractivity contribution is 5.38. The number of rotatable bonds is 6. The molecule has 512 valence electrons. The Hall–Kier alpha value is -2.76. The summed E-state index contributed by atoms with van der Waals surface area (Å²) in [5.74, 6) is 4.51. The van der Waals surface area contributed by atoms with Gasteiger partial charge < -0.3 is 0 Å². The Balaban J connectivity index is -0.000000443. The molecule has 3 aromatic carbocycles. The summed E-state index contributed by atoms with van der Waals surface area (Å²) in [7, 11) is 0. The van der Waals surface area contributed by atoms with Gasteiger partial charge in [-0.1, -0.05) is 320 Å². The Morgan fingerprint density at radius 1 is 0.437 bits per heavy atom. The van der Waals surface area contributed by atoms with Gasteiger partial charge in [0.25, 0.3) is 0 Å². The van der Waals surface area contributed by atoms with Crippen molar-refractivity contribution < 1.29 is 26.3 Å². The molecule has 3 aromatic rings. The van der Waals surface area contributed by atoms with E-state index in [2.05, 4.69) is 216 Å². The summed E-state index contributed by atoms with van der Waals surface area (Å²) in [5, 5.41) is 0. The molecule has 0 bridgehead atoms. The summed E-state index contributed by atoms with van der Waals surface area (Å²) in [6.45, 7) is 60.3. The summed E-state index contributed by atoms with van der Waals surface area (Å²) >= 11 is 0. The largest absolute Gasteiger partial charge is 0.402 e. The van der Waals surface area contributed by atoms with Crippen LogP contribution in [0.4, 0.5) is 26.3 Å². The SMILES string of the molecule is CC.CC(C)(C(F)(F)F)C(F)(F)F.CC(C)(C)C.CCC(C)(C)C.CCC1(C)CCCC1.CCC1CCC(C)(C)CC1.CCC1CCCC1.CCC1CCCCC1.Cc1c(C(C)C)cccc1C(C)C.Cc1cc(C)c(C)c(C)c1.Cc1ccccc1. The minimum atomic E-state index is -5.24. The predicted octanol–water partition coefficient (Wildman–Crippen LogP) is 30.0. The van der Waals surface area contributed by atoms with E-state index in [-0.39, 0.29) is 13.8 Å². The molecular formula is C81H146F6. The minimum Gasteiger partial charge on any atom is -0.170 e. The quantitative estimate of drug-likeness (QED) is 0.216. The van der Waals surface area contributed by atoms with Crippen molar-refractivity contribution in [2.24, 2.45) is 44.8 Å². The van der Waals surface area contributed by atoms with Gasteiger partial charge >= 0.3 is 12.4 Å². The highest BCUT2D eigenvalue weighted by atomic mass is 19.4. The zero-order valence-corrected chi connectivity index (χ0v) is 63.0. The van der Waals surface area contributed by atoms with Crippen LogP contribution >= 0.6 is 0 Å². The molecule has 0 aromatic heterocycles. The third kappa shape index (κ3) is 46.0. The van der Waals surface area contributed by atoms with Gasteiger partial charge in [-0.05, 0) is 179 Å². The summed E-state index contributed by atoms with van der Waals surface area (Å²) in [6.07, 6.45) is 21.7. The van der Waals surface area contributed by atoms with Gasteiger partial charge in [-0.2, -0.15) is 26.3 Å². The second kappa shape index (κ2) is 46.3. The van der Waals surface area contributed by atoms with Crippen molar-refractivity contribution in [3.63, 3.8) is 0 Å². The van der Waals surface area contributed by atoms with E-state index >= 15 is 0 Å². The molecule has 0 heterocycles. The van der Waals surface area contributed by atoms with Crippen LogP contribution in [-0.2, 0) is 0 Å². The monoisotopic (exact) mass is 1230 g/mol. The van der Waals surface area contributed by atoms with Crippen LogP contribution in [0.5, 0.6) is 0 Å². The predicted molar refractivity (Wildman–Crippen MR) is 380 cm³/mol. The summed E-state index contributed by atoms with van der Waals surface area (Å²) in [6, 6.07) is 21.4. The molecule has 0 atom stereocenters. The van der Waals surface area contributed by atoms with Gasteiger partial charge in [0.15, 0.2) is 5.41 Å². The van der Waals surface area contributed by atoms with Crippen molar-refractivity contribution in [2.75, 3.05) is 0 Å². The molecule has 0 spiro atoms. The smallest absolute Gasteiger partial charge is 0.170 e. The van der Waals surface area contributed by atoms with Crippen LogP contribution in [0.15, 0.2) is 60.7 Å². The number of benzene rings is 3. The molecule has 7 rings (SSSR count). The Labute approximate surface area is 540 Å². The Bertz CT molecular complexity index is 1990.